The van der Waals surface area contributed by atoms with Gasteiger partial charge >= 0.3 is 0 Å². The number of nitrogens with one attached hydrogen (secondary N) is 1. The average molecular weight is 324 g/mol. The van der Waals surface area contributed by atoms with Crippen LogP contribution in [0.4, 0.5) is 5.82 Å². The summed E-state index contributed by atoms with van der Waals surface area (Å²) in [5, 5.41) is 4.47. The second-order valence-electron chi connectivity index (χ2n) is 4.54. The maximum absolute atomic E-state index is 6.19. The normalized spacial score (nSPS) is 10.5. The molecule has 0 spiro atoms. The standard InChI is InChI=1S/C15H18ClN3OS/c1-4-7-17-13-9-14(19-15(18-13)21-3)20-12-6-5-10(2)8-11(12)16/h5-6,8-9H,4,7H2,1-3H3,(H,17,18,19). The third-order valence-corrected chi connectivity index (χ3v) is 3.57. The van der Waals surface area contributed by atoms with Crippen LogP contribution in [0, 0.1) is 6.92 Å². The molecule has 0 saturated heterocycles. The summed E-state index contributed by atoms with van der Waals surface area (Å²) >= 11 is 7.66. The lowest BCUT2D eigenvalue weighted by molar-refractivity contribution is 0.456. The monoisotopic (exact) mass is 323 g/mol. The number of hydrogen-bond donors (Lipinski definition) is 1. The van der Waals surface area contributed by atoms with Crippen molar-refractivity contribution in [2.24, 2.45) is 0 Å². The van der Waals surface area contributed by atoms with Crippen molar-refractivity contribution < 1.29 is 4.74 Å². The van der Waals surface area contributed by atoms with Gasteiger partial charge < -0.3 is 10.1 Å². The summed E-state index contributed by atoms with van der Waals surface area (Å²) in [5.41, 5.74) is 1.09. The first-order valence-electron chi connectivity index (χ1n) is 6.73. The Bertz CT molecular complexity index is 622. The Morgan fingerprint density at radius 2 is 2.10 bits per heavy atom. The van der Waals surface area contributed by atoms with Crippen LogP contribution in [0.5, 0.6) is 11.6 Å². The molecular weight excluding hydrogens is 306 g/mol. The Balaban J connectivity index is 2.25. The quantitative estimate of drug-likeness (QED) is 0.612. The van der Waals surface area contributed by atoms with Crippen LogP contribution in [-0.4, -0.2) is 22.8 Å². The molecule has 112 valence electrons. The number of hydrogen-bond acceptors (Lipinski definition) is 5. The fraction of sp³-hybridized carbons (Fsp3) is 0.333. The minimum Gasteiger partial charge on any atom is -0.437 e. The van der Waals surface area contributed by atoms with Crippen molar-refractivity contribution >= 4 is 29.2 Å². The van der Waals surface area contributed by atoms with Gasteiger partial charge in [-0.05, 0) is 37.3 Å². The number of ether oxygens (including phenoxy) is 1. The van der Waals surface area contributed by atoms with Crippen molar-refractivity contribution in [2.45, 2.75) is 25.4 Å². The Labute approximate surface area is 134 Å². The van der Waals surface area contributed by atoms with E-state index in [1.807, 2.05) is 31.4 Å². The van der Waals surface area contributed by atoms with Crippen LogP contribution in [0.1, 0.15) is 18.9 Å². The number of halogens is 1. The first kappa shape index (κ1) is 15.9. The summed E-state index contributed by atoms with van der Waals surface area (Å²) in [4.78, 5) is 8.75. The smallest absolute Gasteiger partial charge is 0.225 e. The minimum atomic E-state index is 0.485. The zero-order valence-electron chi connectivity index (χ0n) is 12.3. The molecule has 0 aliphatic heterocycles. The van der Waals surface area contributed by atoms with Crippen molar-refractivity contribution in [3.8, 4) is 11.6 Å². The van der Waals surface area contributed by atoms with Crippen LogP contribution in [-0.2, 0) is 0 Å². The highest BCUT2D eigenvalue weighted by atomic mass is 35.5. The SMILES string of the molecule is CCCNc1cc(Oc2ccc(C)cc2Cl)nc(SC)n1. The van der Waals surface area contributed by atoms with Crippen molar-refractivity contribution in [1.82, 2.24) is 9.97 Å². The molecule has 4 nitrogen and oxygen atoms in total. The van der Waals surface area contributed by atoms with Gasteiger partial charge in [-0.2, -0.15) is 4.98 Å². The molecule has 0 unspecified atom stereocenters. The fourth-order valence-electron chi connectivity index (χ4n) is 1.69. The molecule has 2 rings (SSSR count). The molecular formula is C15H18ClN3OS. The molecule has 0 radical (unpaired) electrons. The van der Waals surface area contributed by atoms with E-state index in [0.29, 0.717) is 21.8 Å². The summed E-state index contributed by atoms with van der Waals surface area (Å²) in [6, 6.07) is 7.45. The van der Waals surface area contributed by atoms with E-state index in [0.717, 1.165) is 24.3 Å². The zero-order valence-corrected chi connectivity index (χ0v) is 13.9. The highest BCUT2D eigenvalue weighted by Crippen LogP contribution is 2.30. The first-order valence-corrected chi connectivity index (χ1v) is 8.33. The predicted octanol–water partition coefficient (Wildman–Crippen LogP) is 4.77. The minimum absolute atomic E-state index is 0.485. The second kappa shape index (κ2) is 7.52. The van der Waals surface area contributed by atoms with E-state index in [4.69, 9.17) is 16.3 Å². The lowest BCUT2D eigenvalue weighted by atomic mass is 10.2. The van der Waals surface area contributed by atoms with Crippen LogP contribution < -0.4 is 10.1 Å². The molecule has 1 N–H and O–H groups in total. The summed E-state index contributed by atoms with van der Waals surface area (Å²) in [6.07, 6.45) is 2.96. The highest BCUT2D eigenvalue weighted by Gasteiger charge is 2.08. The molecule has 0 fully saturated rings. The molecule has 0 bridgehead atoms. The number of rotatable bonds is 6. The number of benzene rings is 1. The van der Waals surface area contributed by atoms with Crippen molar-refractivity contribution in [2.75, 3.05) is 18.1 Å². The average Bonchev–Trinajstić information content (AvgIpc) is 2.48. The molecule has 2 aromatic rings. The Morgan fingerprint density at radius 3 is 2.76 bits per heavy atom. The van der Waals surface area contributed by atoms with Gasteiger partial charge in [0.2, 0.25) is 5.88 Å². The molecule has 0 aliphatic rings. The van der Waals surface area contributed by atoms with Gasteiger partial charge in [0.05, 0.1) is 5.02 Å². The number of nitrogens with zero attached hydrogens (tertiary/aromatic N) is 2. The van der Waals surface area contributed by atoms with E-state index in [2.05, 4.69) is 22.2 Å². The third kappa shape index (κ3) is 4.51. The maximum atomic E-state index is 6.19. The van der Waals surface area contributed by atoms with Crippen molar-refractivity contribution in [3.63, 3.8) is 0 Å². The molecule has 0 amide bonds. The number of aromatic nitrogens is 2. The molecule has 6 heteroatoms. The molecule has 1 heterocycles. The Morgan fingerprint density at radius 1 is 1.29 bits per heavy atom. The lowest BCUT2D eigenvalue weighted by Gasteiger charge is -2.10. The molecule has 0 atom stereocenters. The van der Waals surface area contributed by atoms with E-state index in [-0.39, 0.29) is 0 Å². The molecule has 21 heavy (non-hydrogen) atoms. The van der Waals surface area contributed by atoms with Gasteiger partial charge in [-0.3, -0.25) is 0 Å². The van der Waals surface area contributed by atoms with Gasteiger partial charge in [-0.1, -0.05) is 36.4 Å². The van der Waals surface area contributed by atoms with Gasteiger partial charge in [-0.25, -0.2) is 4.98 Å². The van der Waals surface area contributed by atoms with Crippen LogP contribution in [0.2, 0.25) is 5.02 Å². The van der Waals surface area contributed by atoms with Crippen molar-refractivity contribution in [3.05, 3.63) is 34.9 Å². The fourth-order valence-corrected chi connectivity index (χ4v) is 2.34. The third-order valence-electron chi connectivity index (χ3n) is 2.72. The lowest BCUT2D eigenvalue weighted by Crippen LogP contribution is -2.04. The maximum Gasteiger partial charge on any atom is 0.225 e. The Kier molecular flexibility index (Phi) is 5.70. The summed E-state index contributed by atoms with van der Waals surface area (Å²) < 4.78 is 5.79. The van der Waals surface area contributed by atoms with Gasteiger partial charge in [0.1, 0.15) is 11.6 Å². The van der Waals surface area contributed by atoms with Crippen LogP contribution in [0.25, 0.3) is 0 Å². The van der Waals surface area contributed by atoms with Crippen LogP contribution in [0.3, 0.4) is 0 Å². The largest absolute Gasteiger partial charge is 0.437 e. The summed E-state index contributed by atoms with van der Waals surface area (Å²) in [7, 11) is 0. The van der Waals surface area contributed by atoms with Crippen molar-refractivity contribution in [1.29, 1.82) is 0 Å². The van der Waals surface area contributed by atoms with E-state index in [1.54, 1.807) is 6.07 Å². The topological polar surface area (TPSA) is 47.0 Å². The summed E-state index contributed by atoms with van der Waals surface area (Å²) in [6.45, 7) is 4.95. The Hall–Kier alpha value is -1.46. The van der Waals surface area contributed by atoms with Crippen LogP contribution >= 0.6 is 23.4 Å². The predicted molar refractivity (Wildman–Crippen MR) is 88.9 cm³/mol. The van der Waals surface area contributed by atoms with Gasteiger partial charge in [0, 0.05) is 12.6 Å². The summed E-state index contributed by atoms with van der Waals surface area (Å²) in [5.74, 6) is 1.84. The van der Waals surface area contributed by atoms with Gasteiger partial charge in [-0.15, -0.1) is 0 Å². The molecule has 1 aromatic carbocycles. The van der Waals surface area contributed by atoms with Crippen LogP contribution in [0.15, 0.2) is 29.4 Å². The second-order valence-corrected chi connectivity index (χ2v) is 5.72. The van der Waals surface area contributed by atoms with E-state index < -0.39 is 0 Å². The van der Waals surface area contributed by atoms with E-state index in [1.165, 1.54) is 11.8 Å². The highest BCUT2D eigenvalue weighted by molar-refractivity contribution is 7.98. The molecule has 0 saturated carbocycles. The zero-order chi connectivity index (χ0) is 15.2. The van der Waals surface area contributed by atoms with Gasteiger partial charge in [0.25, 0.3) is 0 Å². The number of aryl methyl sites for hydroxylation is 1. The van der Waals surface area contributed by atoms with E-state index in [9.17, 15) is 0 Å². The molecule has 0 aliphatic carbocycles. The van der Waals surface area contributed by atoms with Gasteiger partial charge in [0.15, 0.2) is 5.16 Å². The van der Waals surface area contributed by atoms with E-state index >= 15 is 0 Å². The number of anilines is 1. The first-order chi connectivity index (χ1) is 10.1. The number of thioether (sulfide) groups is 1. The molecule has 1 aromatic heterocycles.